The van der Waals surface area contributed by atoms with Crippen LogP contribution in [0.3, 0.4) is 0 Å². The minimum atomic E-state index is 0.0463. The van der Waals surface area contributed by atoms with Crippen LogP contribution in [-0.4, -0.2) is 47.3 Å². The summed E-state index contributed by atoms with van der Waals surface area (Å²) >= 11 is 0. The van der Waals surface area contributed by atoms with E-state index in [0.717, 1.165) is 56.8 Å². The minimum Gasteiger partial charge on any atom is -0.381 e. The van der Waals surface area contributed by atoms with Gasteiger partial charge in [0.1, 0.15) is 5.69 Å². The molecule has 2 fully saturated rings. The largest absolute Gasteiger partial charge is 0.381 e. The number of carbonyl (C=O) groups excluding carboxylic acids is 1. The highest BCUT2D eigenvalue weighted by molar-refractivity contribution is 5.93. The molecule has 2 aliphatic heterocycles. The van der Waals surface area contributed by atoms with Gasteiger partial charge in [-0.1, -0.05) is 12.1 Å². The highest BCUT2D eigenvalue weighted by Crippen LogP contribution is 2.38. The number of rotatable bonds is 2. The van der Waals surface area contributed by atoms with Crippen molar-refractivity contribution in [3.63, 3.8) is 0 Å². The number of carbonyl (C=O) groups is 1. The molecule has 3 heterocycles. The average molecular weight is 339 g/mol. The molecule has 1 aromatic heterocycles. The van der Waals surface area contributed by atoms with Crippen LogP contribution in [-0.2, 0) is 4.74 Å². The van der Waals surface area contributed by atoms with Gasteiger partial charge in [-0.25, -0.2) is 0 Å². The van der Waals surface area contributed by atoms with Crippen LogP contribution < -0.4 is 0 Å². The zero-order valence-electron chi connectivity index (χ0n) is 15.0. The Morgan fingerprint density at radius 3 is 2.88 bits per heavy atom. The zero-order valence-corrected chi connectivity index (χ0v) is 15.0. The van der Waals surface area contributed by atoms with E-state index in [0.29, 0.717) is 5.69 Å². The molecular weight excluding hydrogens is 314 g/mol. The van der Waals surface area contributed by atoms with E-state index >= 15 is 0 Å². The summed E-state index contributed by atoms with van der Waals surface area (Å²) in [4.78, 5) is 14.8. The second-order valence-corrected chi connectivity index (χ2v) is 7.60. The van der Waals surface area contributed by atoms with E-state index < -0.39 is 0 Å². The number of nitrogens with zero attached hydrogens (tertiary/aromatic N) is 2. The molecule has 0 saturated carbocycles. The summed E-state index contributed by atoms with van der Waals surface area (Å²) in [6.07, 6.45) is 3.30. The van der Waals surface area contributed by atoms with Gasteiger partial charge < -0.3 is 9.64 Å². The van der Waals surface area contributed by atoms with E-state index in [1.807, 2.05) is 11.0 Å². The maximum absolute atomic E-state index is 12.9. The monoisotopic (exact) mass is 339 g/mol. The lowest BCUT2D eigenvalue weighted by Crippen LogP contribution is -2.37. The van der Waals surface area contributed by atoms with Crippen molar-refractivity contribution in [2.75, 3.05) is 26.3 Å². The number of aromatic amines is 1. The van der Waals surface area contributed by atoms with Crippen molar-refractivity contribution < 1.29 is 9.53 Å². The van der Waals surface area contributed by atoms with E-state index in [4.69, 9.17) is 4.74 Å². The smallest absolute Gasteiger partial charge is 0.271 e. The summed E-state index contributed by atoms with van der Waals surface area (Å²) < 4.78 is 5.67. The second-order valence-electron chi connectivity index (χ2n) is 7.60. The Balaban J connectivity index is 1.50. The quantitative estimate of drug-likeness (QED) is 0.913. The number of nitrogens with one attached hydrogen (secondary N) is 1. The normalized spacial score (nSPS) is 23.4. The first-order valence-electron chi connectivity index (χ1n) is 9.06. The van der Waals surface area contributed by atoms with E-state index in [-0.39, 0.29) is 11.3 Å². The Labute approximate surface area is 148 Å². The number of aromatic nitrogens is 2. The number of hydrogen-bond donors (Lipinski definition) is 1. The first kappa shape index (κ1) is 16.3. The number of likely N-dealkylation sites (tertiary alicyclic amines) is 1. The van der Waals surface area contributed by atoms with Gasteiger partial charge in [0.05, 0.1) is 12.3 Å². The van der Waals surface area contributed by atoms with Crippen molar-refractivity contribution >= 4 is 5.91 Å². The van der Waals surface area contributed by atoms with E-state index in [1.54, 1.807) is 0 Å². The van der Waals surface area contributed by atoms with E-state index in [2.05, 4.69) is 42.2 Å². The summed E-state index contributed by atoms with van der Waals surface area (Å²) in [6.45, 7) is 7.43. The van der Waals surface area contributed by atoms with Crippen molar-refractivity contribution in [3.8, 4) is 11.3 Å². The summed E-state index contributed by atoms with van der Waals surface area (Å²) in [7, 11) is 0. The third kappa shape index (κ3) is 3.09. The predicted octanol–water partition coefficient (Wildman–Crippen LogP) is 3.34. The lowest BCUT2D eigenvalue weighted by Gasteiger charge is -2.32. The molecule has 0 bridgehead atoms. The van der Waals surface area contributed by atoms with Gasteiger partial charge in [-0.05, 0) is 56.4 Å². The number of ether oxygens (including phenoxy) is 1. The Bertz CT molecular complexity index is 790. The van der Waals surface area contributed by atoms with Crippen molar-refractivity contribution in [3.05, 3.63) is 41.1 Å². The van der Waals surface area contributed by atoms with Crippen LogP contribution in [0.1, 0.15) is 40.9 Å². The fourth-order valence-electron chi connectivity index (χ4n) is 3.99. The van der Waals surface area contributed by atoms with Gasteiger partial charge in [-0.15, -0.1) is 0 Å². The summed E-state index contributed by atoms with van der Waals surface area (Å²) in [5.74, 6) is 0.0463. The predicted molar refractivity (Wildman–Crippen MR) is 96.5 cm³/mol. The number of hydrogen-bond acceptors (Lipinski definition) is 3. The fraction of sp³-hybridized carbons (Fsp3) is 0.500. The zero-order chi connectivity index (χ0) is 17.4. The molecule has 4 rings (SSSR count). The summed E-state index contributed by atoms with van der Waals surface area (Å²) in [6, 6.07) is 8.13. The standard InChI is InChI=1S/C20H25N3O2/c1-14-4-5-16(10-15(14)2)17-11-18(22-21-17)19(24)23-8-7-20(12-23)6-3-9-25-13-20/h4-5,10-11H,3,6-9,12-13H2,1-2H3,(H,21,22). The number of aryl methyl sites for hydroxylation is 2. The van der Waals surface area contributed by atoms with Gasteiger partial charge in [0.2, 0.25) is 0 Å². The van der Waals surface area contributed by atoms with E-state index in [9.17, 15) is 4.79 Å². The topological polar surface area (TPSA) is 58.2 Å². The van der Waals surface area contributed by atoms with Crippen molar-refractivity contribution in [2.24, 2.45) is 5.41 Å². The fourth-order valence-corrected chi connectivity index (χ4v) is 3.99. The second kappa shape index (κ2) is 6.30. The lowest BCUT2D eigenvalue weighted by molar-refractivity contribution is -0.00163. The highest BCUT2D eigenvalue weighted by atomic mass is 16.5. The Kier molecular flexibility index (Phi) is 4.12. The molecule has 5 nitrogen and oxygen atoms in total. The van der Waals surface area contributed by atoms with Gasteiger partial charge in [0, 0.05) is 30.7 Å². The SMILES string of the molecule is Cc1ccc(-c2cc(C(=O)N3CCC4(CCCOC4)C3)[nH]n2)cc1C. The Morgan fingerprint density at radius 1 is 1.24 bits per heavy atom. The molecule has 5 heteroatoms. The van der Waals surface area contributed by atoms with E-state index in [1.165, 1.54) is 11.1 Å². The summed E-state index contributed by atoms with van der Waals surface area (Å²) in [5.41, 5.74) is 5.09. The molecule has 1 atom stereocenters. The van der Waals surface area contributed by atoms with Crippen LogP contribution in [0.5, 0.6) is 0 Å². The molecule has 0 radical (unpaired) electrons. The molecule has 1 unspecified atom stereocenters. The van der Waals surface area contributed by atoms with Gasteiger partial charge in [0.25, 0.3) is 5.91 Å². The Morgan fingerprint density at radius 2 is 2.12 bits per heavy atom. The van der Waals surface area contributed by atoms with Crippen LogP contribution in [0.2, 0.25) is 0 Å². The Hall–Kier alpha value is -2.14. The molecule has 2 aromatic rings. The molecular formula is C20H25N3O2. The van der Waals surface area contributed by atoms with Gasteiger partial charge in [-0.2, -0.15) is 5.10 Å². The third-order valence-corrected chi connectivity index (χ3v) is 5.74. The summed E-state index contributed by atoms with van der Waals surface area (Å²) in [5, 5.41) is 7.29. The molecule has 2 saturated heterocycles. The molecule has 132 valence electrons. The molecule has 0 aliphatic carbocycles. The van der Waals surface area contributed by atoms with Crippen LogP contribution in [0.15, 0.2) is 24.3 Å². The van der Waals surface area contributed by atoms with Crippen molar-refractivity contribution in [1.82, 2.24) is 15.1 Å². The molecule has 25 heavy (non-hydrogen) atoms. The van der Waals surface area contributed by atoms with Crippen LogP contribution in [0, 0.1) is 19.3 Å². The van der Waals surface area contributed by atoms with Gasteiger partial charge >= 0.3 is 0 Å². The maximum atomic E-state index is 12.9. The first-order valence-corrected chi connectivity index (χ1v) is 9.06. The number of benzene rings is 1. The maximum Gasteiger partial charge on any atom is 0.271 e. The molecule has 2 aliphatic rings. The number of amides is 1. The average Bonchev–Trinajstić information content (AvgIpc) is 3.26. The molecule has 1 N–H and O–H groups in total. The number of H-pyrrole nitrogens is 1. The van der Waals surface area contributed by atoms with Crippen LogP contribution in [0.25, 0.3) is 11.3 Å². The highest BCUT2D eigenvalue weighted by Gasteiger charge is 2.41. The van der Waals surface area contributed by atoms with Crippen LogP contribution >= 0.6 is 0 Å². The molecule has 1 spiro atoms. The molecule has 1 amide bonds. The van der Waals surface area contributed by atoms with Crippen molar-refractivity contribution in [1.29, 1.82) is 0 Å². The first-order chi connectivity index (χ1) is 12.1. The van der Waals surface area contributed by atoms with Gasteiger partial charge in [-0.3, -0.25) is 9.89 Å². The van der Waals surface area contributed by atoms with Crippen LogP contribution in [0.4, 0.5) is 0 Å². The lowest BCUT2D eigenvalue weighted by atomic mass is 9.82. The van der Waals surface area contributed by atoms with Gasteiger partial charge in [0.15, 0.2) is 0 Å². The van der Waals surface area contributed by atoms with Crippen molar-refractivity contribution in [2.45, 2.75) is 33.1 Å². The minimum absolute atomic E-state index is 0.0463. The third-order valence-electron chi connectivity index (χ3n) is 5.74. The molecule has 1 aromatic carbocycles.